The minimum absolute atomic E-state index is 0.0526. The van der Waals surface area contributed by atoms with Crippen LogP contribution in [0.1, 0.15) is 5.56 Å². The summed E-state index contributed by atoms with van der Waals surface area (Å²) in [6.45, 7) is 3.10. The number of rotatable bonds is 5. The molecule has 2 amide bonds. The van der Waals surface area contributed by atoms with E-state index in [0.717, 1.165) is 12.1 Å². The largest absolute Gasteiger partial charge is 0.368 e. The molecule has 1 saturated heterocycles. The predicted octanol–water partition coefficient (Wildman–Crippen LogP) is 3.88. The number of hydrogen-bond acceptors (Lipinski definition) is 5. The quantitative estimate of drug-likeness (QED) is 0.511. The first-order valence-corrected chi connectivity index (χ1v) is 10.5. The standard InChI is InChI=1S/C21H22N4O3S/c26-21(22-9-8-16-15-29-20-7-2-1-6-19(16)20)24-12-10-23(11-13-24)17-4-3-5-18(14-17)25(27)28/h1-7,14-15H,8-13H2,(H,22,26). The molecule has 0 unspecified atom stereocenters. The van der Waals surface area contributed by atoms with Crippen LogP contribution in [0.15, 0.2) is 53.9 Å². The molecule has 1 aliphatic rings. The first-order chi connectivity index (χ1) is 14.1. The molecule has 1 aliphatic heterocycles. The molecule has 1 fully saturated rings. The fourth-order valence-electron chi connectivity index (χ4n) is 3.61. The molecule has 0 spiro atoms. The molecule has 0 saturated carbocycles. The number of fused-ring (bicyclic) bond motifs is 1. The Morgan fingerprint density at radius 1 is 1.10 bits per heavy atom. The van der Waals surface area contributed by atoms with Crippen LogP contribution in [-0.4, -0.2) is 48.6 Å². The smallest absolute Gasteiger partial charge is 0.317 e. The van der Waals surface area contributed by atoms with Crippen LogP contribution in [0.3, 0.4) is 0 Å². The van der Waals surface area contributed by atoms with Crippen LogP contribution in [0.5, 0.6) is 0 Å². The van der Waals surface area contributed by atoms with Crippen molar-refractivity contribution in [3.63, 3.8) is 0 Å². The number of nitrogens with zero attached hydrogens (tertiary/aromatic N) is 3. The van der Waals surface area contributed by atoms with Gasteiger partial charge in [0.15, 0.2) is 0 Å². The third-order valence-electron chi connectivity index (χ3n) is 5.20. The van der Waals surface area contributed by atoms with E-state index < -0.39 is 0 Å². The molecule has 0 radical (unpaired) electrons. The molecule has 8 heteroatoms. The third kappa shape index (κ3) is 4.32. The minimum Gasteiger partial charge on any atom is -0.368 e. The molecule has 0 aliphatic carbocycles. The van der Waals surface area contributed by atoms with Gasteiger partial charge in [-0.25, -0.2) is 4.79 Å². The van der Waals surface area contributed by atoms with E-state index in [9.17, 15) is 14.9 Å². The zero-order valence-corrected chi connectivity index (χ0v) is 16.7. The molecular weight excluding hydrogens is 388 g/mol. The van der Waals surface area contributed by atoms with Crippen LogP contribution in [0, 0.1) is 10.1 Å². The van der Waals surface area contributed by atoms with E-state index in [1.54, 1.807) is 28.4 Å². The first kappa shape index (κ1) is 19.2. The van der Waals surface area contributed by atoms with Gasteiger partial charge >= 0.3 is 6.03 Å². The van der Waals surface area contributed by atoms with Gasteiger partial charge in [-0.15, -0.1) is 11.3 Å². The number of non-ortho nitro benzene ring substituents is 1. The number of nitro groups is 1. The van der Waals surface area contributed by atoms with Gasteiger partial charge in [-0.05, 0) is 34.9 Å². The second-order valence-electron chi connectivity index (χ2n) is 6.99. The summed E-state index contributed by atoms with van der Waals surface area (Å²) >= 11 is 1.73. The first-order valence-electron chi connectivity index (χ1n) is 9.59. The predicted molar refractivity (Wildman–Crippen MR) is 116 cm³/mol. The maximum Gasteiger partial charge on any atom is 0.317 e. The number of hydrogen-bond donors (Lipinski definition) is 1. The van der Waals surface area contributed by atoms with Gasteiger partial charge in [0.25, 0.3) is 5.69 Å². The number of nitrogens with one attached hydrogen (secondary N) is 1. The monoisotopic (exact) mass is 410 g/mol. The zero-order valence-electron chi connectivity index (χ0n) is 15.9. The molecule has 3 aromatic rings. The summed E-state index contributed by atoms with van der Waals surface area (Å²) in [5, 5.41) is 17.4. The van der Waals surface area contributed by atoms with E-state index in [0.29, 0.717) is 32.7 Å². The summed E-state index contributed by atoms with van der Waals surface area (Å²) in [5.41, 5.74) is 2.17. The van der Waals surface area contributed by atoms with Gasteiger partial charge in [0, 0.05) is 55.2 Å². The number of carbonyl (C=O) groups excluding carboxylic acids is 1. The fraction of sp³-hybridized carbons (Fsp3) is 0.286. The van der Waals surface area contributed by atoms with Crippen LogP contribution in [0.4, 0.5) is 16.2 Å². The molecule has 29 heavy (non-hydrogen) atoms. The lowest BCUT2D eigenvalue weighted by Gasteiger charge is -2.36. The van der Waals surface area contributed by atoms with Crippen molar-refractivity contribution in [3.8, 4) is 0 Å². The lowest BCUT2D eigenvalue weighted by Crippen LogP contribution is -2.52. The number of benzene rings is 2. The SMILES string of the molecule is O=C(NCCc1csc2ccccc12)N1CCN(c2cccc([N+](=O)[O-])c2)CC1. The van der Waals surface area contributed by atoms with Crippen molar-refractivity contribution >= 4 is 38.8 Å². The number of amides is 2. The highest BCUT2D eigenvalue weighted by Gasteiger charge is 2.22. The second kappa shape index (κ2) is 8.48. The average molecular weight is 410 g/mol. The van der Waals surface area contributed by atoms with E-state index in [1.165, 1.54) is 21.7 Å². The van der Waals surface area contributed by atoms with E-state index in [4.69, 9.17) is 0 Å². The second-order valence-corrected chi connectivity index (χ2v) is 7.90. The van der Waals surface area contributed by atoms with E-state index >= 15 is 0 Å². The van der Waals surface area contributed by atoms with Gasteiger partial charge in [0.05, 0.1) is 4.92 Å². The molecule has 1 aromatic heterocycles. The van der Waals surface area contributed by atoms with Crippen LogP contribution in [0.2, 0.25) is 0 Å². The Balaban J connectivity index is 1.27. The number of carbonyl (C=O) groups is 1. The summed E-state index contributed by atoms with van der Waals surface area (Å²) in [4.78, 5) is 26.9. The Bertz CT molecular complexity index is 1030. The Morgan fingerprint density at radius 3 is 2.69 bits per heavy atom. The Labute approximate surface area is 172 Å². The number of anilines is 1. The van der Waals surface area contributed by atoms with Crippen molar-refractivity contribution in [2.75, 3.05) is 37.6 Å². The maximum absolute atomic E-state index is 12.5. The molecule has 2 heterocycles. The van der Waals surface area contributed by atoms with E-state index in [1.807, 2.05) is 18.2 Å². The summed E-state index contributed by atoms with van der Waals surface area (Å²) in [7, 11) is 0. The summed E-state index contributed by atoms with van der Waals surface area (Å²) in [5.74, 6) is 0. The van der Waals surface area contributed by atoms with Crippen molar-refractivity contribution in [1.29, 1.82) is 0 Å². The average Bonchev–Trinajstić information content (AvgIpc) is 3.17. The van der Waals surface area contributed by atoms with Crippen molar-refractivity contribution in [3.05, 3.63) is 69.6 Å². The van der Waals surface area contributed by atoms with Crippen LogP contribution in [0.25, 0.3) is 10.1 Å². The van der Waals surface area contributed by atoms with Gasteiger partial charge in [-0.2, -0.15) is 0 Å². The molecule has 4 rings (SSSR count). The summed E-state index contributed by atoms with van der Waals surface area (Å²) in [6, 6.07) is 14.9. The van der Waals surface area contributed by atoms with Crippen LogP contribution >= 0.6 is 11.3 Å². The highest BCUT2D eigenvalue weighted by molar-refractivity contribution is 7.17. The van der Waals surface area contributed by atoms with Crippen LogP contribution < -0.4 is 10.2 Å². The molecule has 2 aromatic carbocycles. The Hall–Kier alpha value is -3.13. The third-order valence-corrected chi connectivity index (χ3v) is 6.22. The Kier molecular flexibility index (Phi) is 5.62. The highest BCUT2D eigenvalue weighted by atomic mass is 32.1. The highest BCUT2D eigenvalue weighted by Crippen LogP contribution is 2.26. The minimum atomic E-state index is -0.385. The molecule has 150 valence electrons. The number of urea groups is 1. The number of thiophene rings is 1. The maximum atomic E-state index is 12.5. The van der Waals surface area contributed by atoms with Crippen molar-refractivity contribution < 1.29 is 9.72 Å². The summed E-state index contributed by atoms with van der Waals surface area (Å²) in [6.07, 6.45) is 0.809. The molecule has 0 bridgehead atoms. The Morgan fingerprint density at radius 2 is 1.90 bits per heavy atom. The van der Waals surface area contributed by atoms with E-state index in [2.05, 4.69) is 27.7 Å². The molecule has 0 atom stereocenters. The van der Waals surface area contributed by atoms with Gasteiger partial charge < -0.3 is 15.1 Å². The number of nitro benzene ring substituents is 1. The molecular formula is C21H22N4O3S. The topological polar surface area (TPSA) is 78.7 Å². The van der Waals surface area contributed by atoms with Gasteiger partial charge in [0.1, 0.15) is 0 Å². The van der Waals surface area contributed by atoms with Gasteiger partial charge in [0.2, 0.25) is 0 Å². The lowest BCUT2D eigenvalue weighted by atomic mass is 10.1. The normalized spacial score (nSPS) is 14.2. The van der Waals surface area contributed by atoms with Crippen molar-refractivity contribution in [1.82, 2.24) is 10.2 Å². The zero-order chi connectivity index (χ0) is 20.2. The summed E-state index contributed by atoms with van der Waals surface area (Å²) < 4.78 is 1.27. The number of piperazine rings is 1. The van der Waals surface area contributed by atoms with Crippen LogP contribution in [-0.2, 0) is 6.42 Å². The molecule has 7 nitrogen and oxygen atoms in total. The van der Waals surface area contributed by atoms with Crippen molar-refractivity contribution in [2.24, 2.45) is 0 Å². The van der Waals surface area contributed by atoms with E-state index in [-0.39, 0.29) is 16.6 Å². The van der Waals surface area contributed by atoms with Gasteiger partial charge in [-0.1, -0.05) is 24.3 Å². The lowest BCUT2D eigenvalue weighted by molar-refractivity contribution is -0.384. The fourth-order valence-corrected chi connectivity index (χ4v) is 4.61. The molecule has 1 N–H and O–H groups in total. The van der Waals surface area contributed by atoms with Crippen molar-refractivity contribution in [2.45, 2.75) is 6.42 Å². The van der Waals surface area contributed by atoms with Gasteiger partial charge in [-0.3, -0.25) is 10.1 Å².